The Morgan fingerprint density at radius 2 is 1.82 bits per heavy atom. The van der Waals surface area contributed by atoms with Gasteiger partial charge in [-0.3, -0.25) is 4.99 Å². The summed E-state index contributed by atoms with van der Waals surface area (Å²) >= 11 is 0. The van der Waals surface area contributed by atoms with Gasteiger partial charge >= 0.3 is 0 Å². The van der Waals surface area contributed by atoms with Crippen LogP contribution in [0.5, 0.6) is 0 Å². The zero-order chi connectivity index (χ0) is 12.6. The Bertz CT molecular complexity index is 454. The molecule has 1 heterocycles. The highest BCUT2D eigenvalue weighted by molar-refractivity contribution is 5.99. The lowest BCUT2D eigenvalue weighted by molar-refractivity contribution is 0.731. The lowest BCUT2D eigenvalue weighted by Gasteiger charge is -2.25. The summed E-state index contributed by atoms with van der Waals surface area (Å²) in [5.74, 6) is 0. The van der Waals surface area contributed by atoms with E-state index in [-0.39, 0.29) is 5.41 Å². The summed E-state index contributed by atoms with van der Waals surface area (Å²) in [5.41, 5.74) is 5.11. The molecule has 0 atom stereocenters. The molecular formula is C15H22N2. The zero-order valence-corrected chi connectivity index (χ0v) is 11.5. The van der Waals surface area contributed by atoms with Crippen molar-refractivity contribution in [3.05, 3.63) is 23.8 Å². The maximum atomic E-state index is 4.66. The summed E-state index contributed by atoms with van der Waals surface area (Å²) in [4.78, 5) is 7.03. The Hall–Kier alpha value is -1.31. The SMILES string of the molecule is CCN(CC)c1ccc2c(c1)C(C)(C)C(C)=N2. The van der Waals surface area contributed by atoms with Gasteiger partial charge in [-0.25, -0.2) is 0 Å². The van der Waals surface area contributed by atoms with E-state index < -0.39 is 0 Å². The third kappa shape index (κ3) is 1.86. The van der Waals surface area contributed by atoms with Gasteiger partial charge in [0.15, 0.2) is 0 Å². The number of benzene rings is 1. The highest BCUT2D eigenvalue weighted by Gasteiger charge is 2.32. The summed E-state index contributed by atoms with van der Waals surface area (Å²) in [5, 5.41) is 0. The maximum absolute atomic E-state index is 4.66. The minimum Gasteiger partial charge on any atom is -0.372 e. The van der Waals surface area contributed by atoms with E-state index in [9.17, 15) is 0 Å². The van der Waals surface area contributed by atoms with Crippen molar-refractivity contribution in [2.75, 3.05) is 18.0 Å². The average molecular weight is 230 g/mol. The van der Waals surface area contributed by atoms with Crippen LogP contribution in [0.4, 0.5) is 11.4 Å². The number of aliphatic imine (C=N–C) groups is 1. The van der Waals surface area contributed by atoms with Crippen LogP contribution in [0.25, 0.3) is 0 Å². The number of anilines is 1. The van der Waals surface area contributed by atoms with Gasteiger partial charge < -0.3 is 4.90 Å². The molecule has 1 aliphatic rings. The Kier molecular flexibility index (Phi) is 2.98. The first-order chi connectivity index (χ1) is 8.00. The Balaban J connectivity index is 2.45. The van der Waals surface area contributed by atoms with Crippen LogP contribution < -0.4 is 4.90 Å². The van der Waals surface area contributed by atoms with E-state index in [0.717, 1.165) is 18.8 Å². The molecule has 0 amide bonds. The quantitative estimate of drug-likeness (QED) is 0.768. The molecule has 0 saturated heterocycles. The smallest absolute Gasteiger partial charge is 0.0672 e. The number of rotatable bonds is 3. The summed E-state index contributed by atoms with van der Waals surface area (Å²) in [7, 11) is 0. The van der Waals surface area contributed by atoms with Gasteiger partial charge in [-0.15, -0.1) is 0 Å². The highest BCUT2D eigenvalue weighted by Crippen LogP contribution is 2.41. The summed E-state index contributed by atoms with van der Waals surface area (Å²) in [6.45, 7) is 13.1. The van der Waals surface area contributed by atoms with Crippen LogP contribution >= 0.6 is 0 Å². The fraction of sp³-hybridized carbons (Fsp3) is 0.533. The zero-order valence-electron chi connectivity index (χ0n) is 11.5. The molecule has 17 heavy (non-hydrogen) atoms. The first-order valence-corrected chi connectivity index (χ1v) is 6.46. The van der Waals surface area contributed by atoms with Crippen LogP contribution in [0.3, 0.4) is 0 Å². The molecule has 0 aromatic heterocycles. The van der Waals surface area contributed by atoms with Gasteiger partial charge in [0.1, 0.15) is 0 Å². The summed E-state index contributed by atoms with van der Waals surface area (Å²) in [6.07, 6.45) is 0. The van der Waals surface area contributed by atoms with Crippen LogP contribution in [0.2, 0.25) is 0 Å². The maximum Gasteiger partial charge on any atom is 0.0672 e. The van der Waals surface area contributed by atoms with E-state index in [4.69, 9.17) is 0 Å². The number of fused-ring (bicyclic) bond motifs is 1. The van der Waals surface area contributed by atoms with E-state index in [1.807, 2.05) is 0 Å². The molecule has 0 fully saturated rings. The Labute approximate surface area is 104 Å². The third-order valence-corrected chi connectivity index (χ3v) is 3.97. The second-order valence-electron chi connectivity index (χ2n) is 5.20. The molecule has 1 aromatic carbocycles. The lowest BCUT2D eigenvalue weighted by atomic mass is 9.82. The topological polar surface area (TPSA) is 15.6 Å². The van der Waals surface area contributed by atoms with E-state index in [2.05, 4.69) is 62.7 Å². The van der Waals surface area contributed by atoms with E-state index in [0.29, 0.717) is 0 Å². The van der Waals surface area contributed by atoms with E-state index >= 15 is 0 Å². The standard InChI is InChI=1S/C15H22N2/c1-6-17(7-2)12-8-9-14-13(10-12)15(4,5)11(3)16-14/h8-10H,6-7H2,1-5H3. The van der Waals surface area contributed by atoms with Crippen LogP contribution in [0.15, 0.2) is 23.2 Å². The van der Waals surface area contributed by atoms with Gasteiger partial charge in [0, 0.05) is 29.9 Å². The second-order valence-corrected chi connectivity index (χ2v) is 5.20. The fourth-order valence-electron chi connectivity index (χ4n) is 2.42. The fourth-order valence-corrected chi connectivity index (χ4v) is 2.42. The largest absolute Gasteiger partial charge is 0.372 e. The predicted octanol–water partition coefficient (Wildman–Crippen LogP) is 3.92. The molecule has 0 bridgehead atoms. The molecular weight excluding hydrogens is 208 g/mol. The average Bonchev–Trinajstić information content (AvgIpc) is 2.53. The van der Waals surface area contributed by atoms with Crippen molar-refractivity contribution in [1.82, 2.24) is 0 Å². The summed E-state index contributed by atoms with van der Waals surface area (Å²) in [6, 6.07) is 6.65. The van der Waals surface area contributed by atoms with Crippen LogP contribution in [-0.4, -0.2) is 18.8 Å². The molecule has 92 valence electrons. The molecule has 2 nitrogen and oxygen atoms in total. The van der Waals surface area contributed by atoms with Crippen LogP contribution in [-0.2, 0) is 5.41 Å². The third-order valence-electron chi connectivity index (χ3n) is 3.97. The Morgan fingerprint density at radius 3 is 2.41 bits per heavy atom. The van der Waals surface area contributed by atoms with Crippen molar-refractivity contribution in [2.45, 2.75) is 40.0 Å². The normalized spacial score (nSPS) is 16.6. The molecule has 0 spiro atoms. The van der Waals surface area contributed by atoms with Crippen molar-refractivity contribution in [2.24, 2.45) is 4.99 Å². The van der Waals surface area contributed by atoms with Gasteiger partial charge in [0.2, 0.25) is 0 Å². The van der Waals surface area contributed by atoms with Gasteiger partial charge in [0.05, 0.1) is 5.69 Å². The molecule has 0 saturated carbocycles. The van der Waals surface area contributed by atoms with Crippen LogP contribution in [0.1, 0.15) is 40.2 Å². The first-order valence-electron chi connectivity index (χ1n) is 6.46. The Morgan fingerprint density at radius 1 is 1.18 bits per heavy atom. The number of nitrogens with zero attached hydrogens (tertiary/aromatic N) is 2. The van der Waals surface area contributed by atoms with Gasteiger partial charge in [-0.2, -0.15) is 0 Å². The monoisotopic (exact) mass is 230 g/mol. The number of hydrogen-bond acceptors (Lipinski definition) is 2. The minimum atomic E-state index is 0.0818. The minimum absolute atomic E-state index is 0.0818. The van der Waals surface area contributed by atoms with Gasteiger partial charge in [-0.05, 0) is 44.5 Å². The molecule has 2 rings (SSSR count). The van der Waals surface area contributed by atoms with Crippen molar-refractivity contribution in [3.63, 3.8) is 0 Å². The molecule has 0 N–H and O–H groups in total. The van der Waals surface area contributed by atoms with E-state index in [1.54, 1.807) is 0 Å². The van der Waals surface area contributed by atoms with Crippen molar-refractivity contribution < 1.29 is 0 Å². The first kappa shape index (κ1) is 12.2. The molecule has 2 heteroatoms. The van der Waals surface area contributed by atoms with Crippen molar-refractivity contribution >= 4 is 17.1 Å². The number of hydrogen-bond donors (Lipinski definition) is 0. The molecule has 1 aliphatic heterocycles. The lowest BCUT2D eigenvalue weighted by Crippen LogP contribution is -2.25. The predicted molar refractivity (Wildman–Crippen MR) is 75.8 cm³/mol. The molecule has 0 unspecified atom stereocenters. The van der Waals surface area contributed by atoms with Crippen LogP contribution in [0, 0.1) is 0 Å². The molecule has 0 radical (unpaired) electrons. The highest BCUT2D eigenvalue weighted by atomic mass is 15.1. The second kappa shape index (κ2) is 4.17. The van der Waals surface area contributed by atoms with Crippen molar-refractivity contribution in [3.8, 4) is 0 Å². The molecule has 0 aliphatic carbocycles. The van der Waals surface area contributed by atoms with Gasteiger partial charge in [0.25, 0.3) is 0 Å². The summed E-state index contributed by atoms with van der Waals surface area (Å²) < 4.78 is 0. The molecule has 1 aromatic rings. The van der Waals surface area contributed by atoms with Gasteiger partial charge in [-0.1, -0.05) is 13.8 Å². The van der Waals surface area contributed by atoms with E-state index in [1.165, 1.54) is 17.0 Å². The van der Waals surface area contributed by atoms with Crippen molar-refractivity contribution in [1.29, 1.82) is 0 Å².